The Morgan fingerprint density at radius 1 is 1.46 bits per heavy atom. The summed E-state index contributed by atoms with van der Waals surface area (Å²) < 4.78 is 37.9. The molecule has 1 saturated heterocycles. The van der Waals surface area contributed by atoms with Crippen molar-refractivity contribution >= 4 is 10.2 Å². The Morgan fingerprint density at radius 3 is 2.46 bits per heavy atom. The Morgan fingerprint density at radius 2 is 2.00 bits per heavy atom. The van der Waals surface area contributed by atoms with Crippen molar-refractivity contribution in [3.8, 4) is 0 Å². The maximum atomic E-state index is 12.3. The largest absolute Gasteiger partial charge is 0.381 e. The Hall–Kier alpha value is -0.200. The molecule has 1 aliphatic heterocycles. The quantitative estimate of drug-likeness (QED) is 0.669. The van der Waals surface area contributed by atoms with E-state index in [-0.39, 0.29) is 5.92 Å². The molecule has 0 aromatic heterocycles. The third kappa shape index (κ3) is 4.02. The Labute approximate surface area is 77.5 Å². The first-order valence-electron chi connectivity index (χ1n) is 4.25. The molecule has 1 unspecified atom stereocenters. The van der Waals surface area contributed by atoms with E-state index < -0.39 is 22.0 Å². The lowest BCUT2D eigenvalue weighted by atomic mass is 9.94. The number of halogens is 1. The lowest BCUT2D eigenvalue weighted by molar-refractivity contribution is 0.0605. The molecule has 0 saturated carbocycles. The van der Waals surface area contributed by atoms with E-state index in [1.807, 2.05) is 0 Å². The van der Waals surface area contributed by atoms with Gasteiger partial charge in [-0.2, -0.15) is 8.42 Å². The minimum Gasteiger partial charge on any atom is -0.381 e. The molecule has 4 nitrogen and oxygen atoms in total. The van der Waals surface area contributed by atoms with Crippen LogP contribution in [0.5, 0.6) is 0 Å². The number of rotatable bonds is 3. The fourth-order valence-corrected chi connectivity index (χ4v) is 2.24. The van der Waals surface area contributed by atoms with Crippen LogP contribution in [0, 0.1) is 5.92 Å². The predicted octanol–water partition coefficient (Wildman–Crippen LogP) is 0.0396. The first-order chi connectivity index (χ1) is 5.99. The molecular weight excluding hydrogens is 197 g/mol. The van der Waals surface area contributed by atoms with Gasteiger partial charge in [-0.3, -0.25) is 0 Å². The molecule has 0 spiro atoms. The van der Waals surface area contributed by atoms with Crippen molar-refractivity contribution in [1.82, 2.24) is 0 Å². The zero-order chi connectivity index (χ0) is 9.90. The summed E-state index contributed by atoms with van der Waals surface area (Å²) in [5, 5.41) is 0. The van der Waals surface area contributed by atoms with Crippen LogP contribution in [0.3, 0.4) is 0 Å². The molecule has 1 aliphatic rings. The normalized spacial score (nSPS) is 22.9. The van der Waals surface area contributed by atoms with Gasteiger partial charge in [0.05, 0.1) is 5.75 Å². The van der Waals surface area contributed by atoms with Crippen LogP contribution >= 0.6 is 0 Å². The summed E-state index contributed by atoms with van der Waals surface area (Å²) in [5.41, 5.74) is 5.56. The molecular formula is C7H14FNO3S. The van der Waals surface area contributed by atoms with Gasteiger partial charge in [-0.15, -0.1) is 3.89 Å². The second kappa shape index (κ2) is 4.34. The molecule has 0 aliphatic carbocycles. The molecule has 1 fully saturated rings. The van der Waals surface area contributed by atoms with Gasteiger partial charge in [0.15, 0.2) is 0 Å². The van der Waals surface area contributed by atoms with Crippen molar-refractivity contribution in [2.45, 2.75) is 18.9 Å². The van der Waals surface area contributed by atoms with Gasteiger partial charge in [-0.05, 0) is 18.8 Å². The summed E-state index contributed by atoms with van der Waals surface area (Å²) in [5.74, 6) is -0.503. The van der Waals surface area contributed by atoms with E-state index in [0.29, 0.717) is 13.2 Å². The molecule has 1 heterocycles. The van der Waals surface area contributed by atoms with Crippen LogP contribution in [0.4, 0.5) is 3.89 Å². The van der Waals surface area contributed by atoms with Crippen LogP contribution in [0.25, 0.3) is 0 Å². The molecule has 1 rings (SSSR count). The van der Waals surface area contributed by atoms with Crippen molar-refractivity contribution < 1.29 is 17.0 Å². The molecule has 13 heavy (non-hydrogen) atoms. The highest BCUT2D eigenvalue weighted by Crippen LogP contribution is 2.18. The Balaban J connectivity index is 2.42. The van der Waals surface area contributed by atoms with Gasteiger partial charge in [0.1, 0.15) is 0 Å². The van der Waals surface area contributed by atoms with Gasteiger partial charge in [-0.25, -0.2) is 0 Å². The topological polar surface area (TPSA) is 69.4 Å². The van der Waals surface area contributed by atoms with E-state index in [9.17, 15) is 12.3 Å². The lowest BCUT2D eigenvalue weighted by Gasteiger charge is -2.26. The SMILES string of the molecule is NC(CS(=O)(=O)F)C1CCOCC1. The molecule has 2 N–H and O–H groups in total. The molecule has 78 valence electrons. The van der Waals surface area contributed by atoms with E-state index in [1.165, 1.54) is 0 Å². The second-order valence-corrected chi connectivity index (χ2v) is 4.73. The molecule has 0 aromatic carbocycles. The minimum atomic E-state index is -4.44. The van der Waals surface area contributed by atoms with E-state index in [0.717, 1.165) is 12.8 Å². The van der Waals surface area contributed by atoms with Crippen molar-refractivity contribution in [3.05, 3.63) is 0 Å². The van der Waals surface area contributed by atoms with Crippen LogP contribution in [0.15, 0.2) is 0 Å². The molecule has 0 bridgehead atoms. The summed E-state index contributed by atoms with van der Waals surface area (Å²) >= 11 is 0. The summed E-state index contributed by atoms with van der Waals surface area (Å²) in [6, 6.07) is -0.598. The third-order valence-electron chi connectivity index (χ3n) is 2.26. The van der Waals surface area contributed by atoms with Crippen LogP contribution in [0.1, 0.15) is 12.8 Å². The maximum absolute atomic E-state index is 12.3. The molecule has 6 heteroatoms. The molecule has 0 amide bonds. The van der Waals surface area contributed by atoms with E-state index in [1.54, 1.807) is 0 Å². The molecule has 0 aromatic rings. The van der Waals surface area contributed by atoms with Crippen molar-refractivity contribution in [2.75, 3.05) is 19.0 Å². The predicted molar refractivity (Wildman–Crippen MR) is 46.4 cm³/mol. The van der Waals surface area contributed by atoms with Crippen LogP contribution in [-0.2, 0) is 15.0 Å². The highest BCUT2D eigenvalue weighted by molar-refractivity contribution is 7.86. The maximum Gasteiger partial charge on any atom is 0.303 e. The van der Waals surface area contributed by atoms with Crippen molar-refractivity contribution in [3.63, 3.8) is 0 Å². The minimum absolute atomic E-state index is 0.0688. The van der Waals surface area contributed by atoms with Gasteiger partial charge in [0.2, 0.25) is 0 Å². The van der Waals surface area contributed by atoms with Crippen LogP contribution in [-0.4, -0.2) is 33.4 Å². The van der Waals surface area contributed by atoms with Crippen molar-refractivity contribution in [2.24, 2.45) is 11.7 Å². The zero-order valence-electron chi connectivity index (χ0n) is 7.28. The number of hydrogen-bond acceptors (Lipinski definition) is 4. The molecule has 1 atom stereocenters. The average Bonchev–Trinajstić information content (AvgIpc) is 2.03. The summed E-state index contributed by atoms with van der Waals surface area (Å²) in [4.78, 5) is 0. The number of nitrogens with two attached hydrogens (primary N) is 1. The smallest absolute Gasteiger partial charge is 0.303 e. The third-order valence-corrected chi connectivity index (χ3v) is 3.05. The van der Waals surface area contributed by atoms with E-state index in [2.05, 4.69) is 0 Å². The van der Waals surface area contributed by atoms with Crippen LogP contribution in [0.2, 0.25) is 0 Å². The summed E-state index contributed by atoms with van der Waals surface area (Å²) in [6.45, 7) is 1.18. The fourth-order valence-electron chi connectivity index (χ4n) is 1.51. The van der Waals surface area contributed by atoms with E-state index >= 15 is 0 Å². The Kier molecular flexibility index (Phi) is 3.63. The number of ether oxygens (including phenoxy) is 1. The lowest BCUT2D eigenvalue weighted by Crippen LogP contribution is -2.38. The van der Waals surface area contributed by atoms with Gasteiger partial charge in [0.25, 0.3) is 0 Å². The monoisotopic (exact) mass is 211 g/mol. The zero-order valence-corrected chi connectivity index (χ0v) is 8.10. The second-order valence-electron chi connectivity index (χ2n) is 3.32. The average molecular weight is 211 g/mol. The number of hydrogen-bond donors (Lipinski definition) is 1. The molecule has 0 radical (unpaired) electrons. The Bertz CT molecular complexity index is 248. The fraction of sp³-hybridized carbons (Fsp3) is 1.00. The first-order valence-corrected chi connectivity index (χ1v) is 5.80. The standard InChI is InChI=1S/C7H14FNO3S/c8-13(10,11)5-7(9)6-1-3-12-4-2-6/h6-7H,1-5,9H2. The summed E-state index contributed by atoms with van der Waals surface area (Å²) in [7, 11) is -4.44. The van der Waals surface area contributed by atoms with Crippen LogP contribution < -0.4 is 5.73 Å². The van der Waals surface area contributed by atoms with Gasteiger partial charge in [0, 0.05) is 19.3 Å². The van der Waals surface area contributed by atoms with Gasteiger partial charge >= 0.3 is 10.2 Å². The highest BCUT2D eigenvalue weighted by Gasteiger charge is 2.25. The van der Waals surface area contributed by atoms with Crippen molar-refractivity contribution in [1.29, 1.82) is 0 Å². The first kappa shape index (κ1) is 10.9. The van der Waals surface area contributed by atoms with E-state index in [4.69, 9.17) is 10.5 Å². The summed E-state index contributed by atoms with van der Waals surface area (Å²) in [6.07, 6.45) is 1.44. The highest BCUT2D eigenvalue weighted by atomic mass is 32.3. The van der Waals surface area contributed by atoms with Gasteiger partial charge in [-0.1, -0.05) is 0 Å². The van der Waals surface area contributed by atoms with Gasteiger partial charge < -0.3 is 10.5 Å².